The highest BCUT2D eigenvalue weighted by Gasteiger charge is 2.23. The maximum atomic E-state index is 12.0. The SMILES string of the molecule is O=C1C(O)=C(Cl)Cc2cccc3cccc1c23. The van der Waals surface area contributed by atoms with Crippen molar-refractivity contribution in [3.05, 3.63) is 58.3 Å². The number of Topliss-reactive ketones (excluding diaryl/α,β-unsaturated/α-hetero) is 1. The van der Waals surface area contributed by atoms with Crippen LogP contribution in [-0.2, 0) is 6.42 Å². The number of allylic oxidation sites excluding steroid dienone is 2. The minimum absolute atomic E-state index is 0.207. The Bertz CT molecular complexity index is 666. The molecule has 2 aromatic rings. The second kappa shape index (κ2) is 3.60. The molecule has 3 heteroatoms. The topological polar surface area (TPSA) is 37.3 Å². The first-order valence-corrected chi connectivity index (χ1v) is 5.69. The van der Waals surface area contributed by atoms with Crippen LogP contribution in [0.1, 0.15) is 15.9 Å². The summed E-state index contributed by atoms with van der Waals surface area (Å²) in [4.78, 5) is 12.0. The molecule has 0 spiro atoms. The van der Waals surface area contributed by atoms with Crippen molar-refractivity contribution in [1.82, 2.24) is 0 Å². The lowest BCUT2D eigenvalue weighted by atomic mass is 9.97. The molecule has 0 heterocycles. The summed E-state index contributed by atoms with van der Waals surface area (Å²) < 4.78 is 0. The van der Waals surface area contributed by atoms with E-state index >= 15 is 0 Å². The molecular formula is C14H9ClO2. The van der Waals surface area contributed by atoms with E-state index in [9.17, 15) is 9.90 Å². The van der Waals surface area contributed by atoms with E-state index in [-0.39, 0.29) is 10.8 Å². The van der Waals surface area contributed by atoms with E-state index in [0.717, 1.165) is 16.3 Å². The van der Waals surface area contributed by atoms with Gasteiger partial charge in [0.1, 0.15) is 0 Å². The summed E-state index contributed by atoms with van der Waals surface area (Å²) in [6.45, 7) is 0. The molecule has 84 valence electrons. The quantitative estimate of drug-likeness (QED) is 0.769. The summed E-state index contributed by atoms with van der Waals surface area (Å²) in [5.74, 6) is -0.735. The normalized spacial score (nSPS) is 15.2. The smallest absolute Gasteiger partial charge is 0.229 e. The van der Waals surface area contributed by atoms with Gasteiger partial charge in [-0.05, 0) is 16.3 Å². The van der Waals surface area contributed by atoms with Gasteiger partial charge in [-0.2, -0.15) is 0 Å². The maximum absolute atomic E-state index is 12.0. The van der Waals surface area contributed by atoms with Crippen molar-refractivity contribution in [3.63, 3.8) is 0 Å². The van der Waals surface area contributed by atoms with E-state index in [0.29, 0.717) is 12.0 Å². The summed E-state index contributed by atoms with van der Waals surface area (Å²) >= 11 is 5.95. The molecule has 1 aliphatic rings. The van der Waals surface area contributed by atoms with Crippen LogP contribution in [0.2, 0.25) is 0 Å². The Hall–Kier alpha value is -1.80. The molecular weight excluding hydrogens is 236 g/mol. The number of aliphatic hydroxyl groups is 1. The second-order valence-corrected chi connectivity index (χ2v) is 4.54. The fourth-order valence-electron chi connectivity index (χ4n) is 2.26. The average Bonchev–Trinajstić information content (AvgIpc) is 2.44. The van der Waals surface area contributed by atoms with Gasteiger partial charge in [0, 0.05) is 12.0 Å². The zero-order chi connectivity index (χ0) is 12.0. The lowest BCUT2D eigenvalue weighted by Crippen LogP contribution is -2.03. The third-order valence-corrected chi connectivity index (χ3v) is 3.37. The van der Waals surface area contributed by atoms with Gasteiger partial charge in [-0.3, -0.25) is 4.79 Å². The van der Waals surface area contributed by atoms with Crippen molar-refractivity contribution in [3.8, 4) is 0 Å². The zero-order valence-corrected chi connectivity index (χ0v) is 9.66. The third kappa shape index (κ3) is 1.45. The summed E-state index contributed by atoms with van der Waals surface area (Å²) in [5, 5.41) is 11.8. The lowest BCUT2D eigenvalue weighted by molar-refractivity contribution is 0.0978. The van der Waals surface area contributed by atoms with E-state index in [4.69, 9.17) is 11.6 Å². The van der Waals surface area contributed by atoms with Crippen molar-refractivity contribution in [2.24, 2.45) is 0 Å². The molecule has 0 aromatic heterocycles. The number of hydrogen-bond donors (Lipinski definition) is 1. The monoisotopic (exact) mass is 244 g/mol. The first-order chi connectivity index (χ1) is 8.18. The first-order valence-electron chi connectivity index (χ1n) is 5.31. The van der Waals surface area contributed by atoms with Crippen LogP contribution in [0.5, 0.6) is 0 Å². The second-order valence-electron chi connectivity index (χ2n) is 4.08. The molecule has 0 amide bonds. The first kappa shape index (κ1) is 10.4. The Kier molecular flexibility index (Phi) is 2.20. The van der Waals surface area contributed by atoms with Crippen LogP contribution in [0.15, 0.2) is 47.2 Å². The van der Waals surface area contributed by atoms with E-state index < -0.39 is 5.78 Å². The Morgan fingerprint density at radius 1 is 1.12 bits per heavy atom. The third-order valence-electron chi connectivity index (χ3n) is 3.05. The molecule has 3 rings (SSSR count). The van der Waals surface area contributed by atoms with Gasteiger partial charge in [-0.15, -0.1) is 0 Å². The molecule has 0 unspecified atom stereocenters. The van der Waals surface area contributed by atoms with E-state index in [2.05, 4.69) is 0 Å². The van der Waals surface area contributed by atoms with Gasteiger partial charge >= 0.3 is 0 Å². The molecule has 2 nitrogen and oxygen atoms in total. The van der Waals surface area contributed by atoms with E-state index in [1.165, 1.54) is 0 Å². The number of ketones is 1. The summed E-state index contributed by atoms with van der Waals surface area (Å²) in [6.07, 6.45) is 0.396. The van der Waals surface area contributed by atoms with Gasteiger partial charge in [-0.1, -0.05) is 48.0 Å². The highest BCUT2D eigenvalue weighted by atomic mass is 35.5. The van der Waals surface area contributed by atoms with Gasteiger partial charge in [-0.25, -0.2) is 0 Å². The highest BCUT2D eigenvalue weighted by molar-refractivity contribution is 6.34. The molecule has 0 atom stereocenters. The molecule has 1 aliphatic carbocycles. The lowest BCUT2D eigenvalue weighted by Gasteiger charge is -2.06. The molecule has 0 aliphatic heterocycles. The van der Waals surface area contributed by atoms with Gasteiger partial charge in [0.25, 0.3) is 0 Å². The minimum atomic E-state index is -0.398. The number of halogens is 1. The Morgan fingerprint density at radius 3 is 2.59 bits per heavy atom. The van der Waals surface area contributed by atoms with Crippen molar-refractivity contribution in [2.45, 2.75) is 6.42 Å². The van der Waals surface area contributed by atoms with Crippen LogP contribution < -0.4 is 0 Å². The number of benzene rings is 2. The van der Waals surface area contributed by atoms with Crippen LogP contribution >= 0.6 is 11.6 Å². The van der Waals surface area contributed by atoms with E-state index in [1.54, 1.807) is 6.07 Å². The average molecular weight is 245 g/mol. The molecule has 1 N–H and O–H groups in total. The maximum Gasteiger partial charge on any atom is 0.229 e. The standard InChI is InChI=1S/C14H9ClO2/c15-11-7-9-5-1-3-8-4-2-6-10(12(8)9)13(16)14(11)17/h1-6,17H,7H2. The summed E-state index contributed by atoms with van der Waals surface area (Å²) in [7, 11) is 0. The van der Waals surface area contributed by atoms with Gasteiger partial charge in [0.15, 0.2) is 5.76 Å². The molecule has 0 radical (unpaired) electrons. The van der Waals surface area contributed by atoms with E-state index in [1.807, 2.05) is 30.3 Å². The van der Waals surface area contributed by atoms with Crippen LogP contribution in [0.4, 0.5) is 0 Å². The number of hydrogen-bond acceptors (Lipinski definition) is 2. The molecule has 2 aromatic carbocycles. The fourth-order valence-corrected chi connectivity index (χ4v) is 2.49. The van der Waals surface area contributed by atoms with Crippen molar-refractivity contribution in [2.75, 3.05) is 0 Å². The molecule has 0 fully saturated rings. The van der Waals surface area contributed by atoms with Crippen molar-refractivity contribution >= 4 is 28.2 Å². The van der Waals surface area contributed by atoms with Gasteiger partial charge in [0.05, 0.1) is 5.03 Å². The minimum Gasteiger partial charge on any atom is -0.503 e. The molecule has 0 saturated carbocycles. The largest absolute Gasteiger partial charge is 0.503 e. The Balaban J connectivity index is 2.47. The van der Waals surface area contributed by atoms with Crippen molar-refractivity contribution < 1.29 is 9.90 Å². The van der Waals surface area contributed by atoms with Crippen molar-refractivity contribution in [1.29, 1.82) is 0 Å². The predicted molar refractivity (Wildman–Crippen MR) is 67.5 cm³/mol. The molecule has 17 heavy (non-hydrogen) atoms. The summed E-state index contributed by atoms with van der Waals surface area (Å²) in [6, 6.07) is 11.3. The van der Waals surface area contributed by atoms with Gasteiger partial charge in [0.2, 0.25) is 5.78 Å². The number of carbonyl (C=O) groups excluding carboxylic acids is 1. The number of aliphatic hydroxyl groups excluding tert-OH is 1. The van der Waals surface area contributed by atoms with Gasteiger partial charge < -0.3 is 5.11 Å². The molecule has 0 saturated heterocycles. The highest BCUT2D eigenvalue weighted by Crippen LogP contribution is 2.31. The van der Waals surface area contributed by atoms with Crippen LogP contribution in [0.25, 0.3) is 10.8 Å². The zero-order valence-electron chi connectivity index (χ0n) is 8.90. The van der Waals surface area contributed by atoms with Crippen LogP contribution in [-0.4, -0.2) is 10.9 Å². The molecule has 0 bridgehead atoms. The fraction of sp³-hybridized carbons (Fsp3) is 0.0714. The number of carbonyl (C=O) groups is 1. The Labute approximate surface area is 103 Å². The summed E-state index contributed by atoms with van der Waals surface area (Å²) in [5.41, 5.74) is 1.49. The number of rotatable bonds is 0. The van der Waals surface area contributed by atoms with Crippen LogP contribution in [0.3, 0.4) is 0 Å². The Morgan fingerprint density at radius 2 is 1.82 bits per heavy atom. The van der Waals surface area contributed by atoms with Crippen LogP contribution in [0, 0.1) is 0 Å². The predicted octanol–water partition coefficient (Wildman–Crippen LogP) is 3.59.